The van der Waals surface area contributed by atoms with Crippen molar-refractivity contribution in [2.24, 2.45) is 0 Å². The van der Waals surface area contributed by atoms with Gasteiger partial charge in [0.25, 0.3) is 11.6 Å². The lowest BCUT2D eigenvalue weighted by atomic mass is 10.1. The summed E-state index contributed by atoms with van der Waals surface area (Å²) in [4.78, 5) is 36.3. The molecule has 0 unspecified atom stereocenters. The second-order valence-electron chi connectivity index (χ2n) is 6.84. The third-order valence-corrected chi connectivity index (χ3v) is 4.85. The van der Waals surface area contributed by atoms with E-state index in [9.17, 15) is 19.7 Å². The van der Waals surface area contributed by atoms with Gasteiger partial charge in [-0.15, -0.1) is 0 Å². The van der Waals surface area contributed by atoms with Crippen molar-refractivity contribution in [3.8, 4) is 0 Å². The predicted octanol–water partition coefficient (Wildman–Crippen LogP) is 4.76. The Kier molecular flexibility index (Phi) is 5.15. The van der Waals surface area contributed by atoms with Crippen LogP contribution in [0.2, 0.25) is 0 Å². The summed E-state index contributed by atoms with van der Waals surface area (Å²) in [7, 11) is 0. The maximum absolute atomic E-state index is 13.3. The number of hydrogen-bond acceptors (Lipinski definition) is 4. The molecule has 1 amide bonds. The second kappa shape index (κ2) is 8.08. The van der Waals surface area contributed by atoms with E-state index >= 15 is 0 Å². The minimum absolute atomic E-state index is 0.0273. The van der Waals surface area contributed by atoms with E-state index in [1.54, 1.807) is 36.4 Å². The van der Waals surface area contributed by atoms with Crippen molar-refractivity contribution in [1.82, 2.24) is 0 Å². The number of amides is 1. The molecule has 7 heteroatoms. The Labute approximate surface area is 177 Å². The van der Waals surface area contributed by atoms with E-state index < -0.39 is 10.9 Å². The first-order chi connectivity index (χ1) is 14.9. The van der Waals surface area contributed by atoms with E-state index in [0.717, 1.165) is 5.56 Å². The van der Waals surface area contributed by atoms with Crippen LogP contribution in [0.5, 0.6) is 0 Å². The van der Waals surface area contributed by atoms with Crippen LogP contribution in [-0.2, 0) is 4.79 Å². The second-order valence-corrected chi connectivity index (χ2v) is 6.84. The quantitative estimate of drug-likeness (QED) is 0.370. The summed E-state index contributed by atoms with van der Waals surface area (Å²) in [6, 6.07) is 21.4. The lowest BCUT2D eigenvalue weighted by Gasteiger charge is -2.21. The highest BCUT2D eigenvalue weighted by Crippen LogP contribution is 2.35. The van der Waals surface area contributed by atoms with E-state index in [4.69, 9.17) is 5.11 Å². The largest absolute Gasteiger partial charge is 0.478 e. The summed E-state index contributed by atoms with van der Waals surface area (Å²) < 4.78 is 0. The normalized spacial score (nSPS) is 14.6. The van der Waals surface area contributed by atoms with Crippen LogP contribution in [0.25, 0.3) is 11.8 Å². The zero-order valence-electron chi connectivity index (χ0n) is 16.1. The molecule has 0 radical (unpaired) electrons. The molecule has 1 N–H and O–H groups in total. The van der Waals surface area contributed by atoms with Crippen molar-refractivity contribution in [2.45, 2.75) is 0 Å². The molecular weight excluding hydrogens is 396 g/mol. The summed E-state index contributed by atoms with van der Waals surface area (Å²) >= 11 is 0. The number of aromatic carboxylic acids is 1. The van der Waals surface area contributed by atoms with Crippen LogP contribution in [-0.4, -0.2) is 21.9 Å². The molecule has 3 aromatic carbocycles. The van der Waals surface area contributed by atoms with Crippen LogP contribution in [0.1, 0.15) is 21.5 Å². The van der Waals surface area contributed by atoms with Gasteiger partial charge in [-0.3, -0.25) is 19.8 Å². The van der Waals surface area contributed by atoms with E-state index in [1.807, 2.05) is 30.3 Å². The van der Waals surface area contributed by atoms with Gasteiger partial charge in [-0.2, -0.15) is 0 Å². The van der Waals surface area contributed by atoms with Crippen LogP contribution in [0.15, 0.2) is 90.5 Å². The number of non-ortho nitro benzene ring substituents is 1. The van der Waals surface area contributed by atoms with Gasteiger partial charge in [0.15, 0.2) is 0 Å². The van der Waals surface area contributed by atoms with Crippen molar-refractivity contribution in [3.63, 3.8) is 0 Å². The standard InChI is InChI=1S/C24H16N2O5/c27-23-19(14-16-6-10-21(11-7-16)26(30)31)15-22(17-4-2-1-3-5-17)25(23)20-12-8-18(9-13-20)24(28)29/h1-15H,(H,28,29). The molecule has 1 aliphatic heterocycles. The van der Waals surface area contributed by atoms with Crippen molar-refractivity contribution in [3.05, 3.63) is 117 Å². The summed E-state index contributed by atoms with van der Waals surface area (Å²) in [5.41, 5.74) is 3.18. The number of carbonyl (C=O) groups excluding carboxylic acids is 1. The Bertz CT molecular complexity index is 1230. The number of nitro groups is 1. The first-order valence-electron chi connectivity index (χ1n) is 9.35. The van der Waals surface area contributed by atoms with Crippen molar-refractivity contribution in [2.75, 3.05) is 4.90 Å². The number of nitro benzene ring substituents is 1. The Morgan fingerprint density at radius 1 is 0.935 bits per heavy atom. The maximum Gasteiger partial charge on any atom is 0.335 e. The molecule has 1 heterocycles. The van der Waals surface area contributed by atoms with Gasteiger partial charge in [0.1, 0.15) is 0 Å². The zero-order valence-corrected chi connectivity index (χ0v) is 16.1. The van der Waals surface area contributed by atoms with Gasteiger partial charge in [0.05, 0.1) is 16.2 Å². The van der Waals surface area contributed by atoms with Gasteiger partial charge >= 0.3 is 5.97 Å². The highest BCUT2D eigenvalue weighted by atomic mass is 16.6. The van der Waals surface area contributed by atoms with Gasteiger partial charge < -0.3 is 5.11 Å². The number of anilines is 1. The fraction of sp³-hybridized carbons (Fsp3) is 0. The molecule has 0 atom stereocenters. The SMILES string of the molecule is O=C(O)c1ccc(N2C(=O)C(=Cc3ccc([N+](=O)[O-])cc3)C=C2c2ccccc2)cc1. The minimum Gasteiger partial charge on any atom is -0.478 e. The van der Waals surface area contributed by atoms with Gasteiger partial charge in [0, 0.05) is 23.4 Å². The van der Waals surface area contributed by atoms with E-state index in [-0.39, 0.29) is 17.2 Å². The highest BCUT2D eigenvalue weighted by molar-refractivity contribution is 6.23. The van der Waals surface area contributed by atoms with Crippen LogP contribution in [0.4, 0.5) is 11.4 Å². The van der Waals surface area contributed by atoms with Crippen molar-refractivity contribution in [1.29, 1.82) is 0 Å². The summed E-state index contributed by atoms with van der Waals surface area (Å²) in [5.74, 6) is -1.32. The molecule has 0 aliphatic carbocycles. The molecule has 0 fully saturated rings. The van der Waals surface area contributed by atoms with Crippen molar-refractivity contribution < 1.29 is 19.6 Å². The van der Waals surface area contributed by atoms with Gasteiger partial charge in [-0.1, -0.05) is 30.3 Å². The molecule has 31 heavy (non-hydrogen) atoms. The Balaban J connectivity index is 1.76. The topological polar surface area (TPSA) is 101 Å². The molecule has 0 saturated heterocycles. The molecule has 7 nitrogen and oxygen atoms in total. The maximum atomic E-state index is 13.3. The molecule has 3 aromatic rings. The fourth-order valence-electron chi connectivity index (χ4n) is 3.32. The highest BCUT2D eigenvalue weighted by Gasteiger charge is 2.30. The lowest BCUT2D eigenvalue weighted by Crippen LogP contribution is -2.25. The average molecular weight is 412 g/mol. The molecule has 152 valence electrons. The van der Waals surface area contributed by atoms with Gasteiger partial charge in [-0.25, -0.2) is 4.79 Å². The fourth-order valence-corrected chi connectivity index (χ4v) is 3.32. The molecule has 0 aromatic heterocycles. The van der Waals surface area contributed by atoms with Crippen LogP contribution in [0.3, 0.4) is 0 Å². The molecule has 0 bridgehead atoms. The zero-order chi connectivity index (χ0) is 22.0. The van der Waals surface area contributed by atoms with E-state index in [0.29, 0.717) is 22.5 Å². The summed E-state index contributed by atoms with van der Waals surface area (Å²) in [6.45, 7) is 0. The van der Waals surface area contributed by atoms with Crippen LogP contribution >= 0.6 is 0 Å². The molecule has 1 aliphatic rings. The first-order valence-corrected chi connectivity index (χ1v) is 9.35. The number of carboxylic acid groups (broad SMARTS) is 1. The van der Waals surface area contributed by atoms with E-state index in [1.165, 1.54) is 29.2 Å². The summed E-state index contributed by atoms with van der Waals surface area (Å²) in [5, 5.41) is 20.0. The monoisotopic (exact) mass is 412 g/mol. The first kappa shape index (κ1) is 19.8. The number of carbonyl (C=O) groups is 2. The third-order valence-electron chi connectivity index (χ3n) is 4.85. The number of hydrogen-bond donors (Lipinski definition) is 1. The number of nitrogens with zero attached hydrogens (tertiary/aromatic N) is 2. The smallest absolute Gasteiger partial charge is 0.335 e. The van der Waals surface area contributed by atoms with Crippen LogP contribution in [0, 0.1) is 10.1 Å². The van der Waals surface area contributed by atoms with Crippen molar-refractivity contribution >= 4 is 35.0 Å². The number of carboxylic acids is 1. The van der Waals surface area contributed by atoms with E-state index in [2.05, 4.69) is 0 Å². The van der Waals surface area contributed by atoms with Crippen LogP contribution < -0.4 is 4.90 Å². The Morgan fingerprint density at radius 3 is 2.16 bits per heavy atom. The lowest BCUT2D eigenvalue weighted by molar-refractivity contribution is -0.384. The number of benzene rings is 3. The molecule has 4 rings (SSSR count). The van der Waals surface area contributed by atoms with Gasteiger partial charge in [-0.05, 0) is 59.7 Å². The van der Waals surface area contributed by atoms with Gasteiger partial charge in [0.2, 0.25) is 0 Å². The molecular formula is C24H16N2O5. The Hall–Kier alpha value is -4.52. The Morgan fingerprint density at radius 2 is 1.58 bits per heavy atom. The predicted molar refractivity (Wildman–Crippen MR) is 116 cm³/mol. The molecule has 0 spiro atoms. The number of rotatable bonds is 5. The molecule has 0 saturated carbocycles. The minimum atomic E-state index is -1.04. The average Bonchev–Trinajstić information content (AvgIpc) is 3.10. The third kappa shape index (κ3) is 3.97. The summed E-state index contributed by atoms with van der Waals surface area (Å²) in [6.07, 6.45) is 3.42.